The maximum absolute atomic E-state index is 12.8. The summed E-state index contributed by atoms with van der Waals surface area (Å²) in [6.45, 7) is 1.93. The first-order valence-corrected chi connectivity index (χ1v) is 12.2. The zero-order valence-corrected chi connectivity index (χ0v) is 16.4. The van der Waals surface area contributed by atoms with E-state index in [1.807, 2.05) is 67.6 Å². The van der Waals surface area contributed by atoms with Crippen LogP contribution in [0.3, 0.4) is 0 Å². The van der Waals surface area contributed by atoms with Crippen molar-refractivity contribution in [2.45, 2.75) is 17.1 Å². The van der Waals surface area contributed by atoms with E-state index in [-0.39, 0.29) is 4.90 Å². The molecule has 1 atom stereocenters. The Balaban J connectivity index is 2.04. The Hall–Kier alpha value is -2.07. The Labute approximate surface area is 153 Å². The number of nitrogens with zero attached hydrogens (tertiary/aromatic N) is 1. The van der Waals surface area contributed by atoms with E-state index >= 15 is 0 Å². The van der Waals surface area contributed by atoms with Crippen molar-refractivity contribution in [3.05, 3.63) is 96.1 Å². The molecule has 0 heterocycles. The second kappa shape index (κ2) is 7.87. The van der Waals surface area contributed by atoms with Crippen molar-refractivity contribution < 1.29 is 8.42 Å². The average molecular weight is 416 g/mol. The van der Waals surface area contributed by atoms with E-state index in [1.54, 1.807) is 24.3 Å². The third-order valence-electron chi connectivity index (χ3n) is 3.67. The van der Waals surface area contributed by atoms with Gasteiger partial charge in [-0.1, -0.05) is 0 Å². The maximum atomic E-state index is 12.8. The first-order chi connectivity index (χ1) is 12.0. The molecular formula is C20H19NO2SSe. The van der Waals surface area contributed by atoms with Crippen molar-refractivity contribution in [2.24, 2.45) is 3.37 Å². The number of rotatable bonds is 5. The van der Waals surface area contributed by atoms with Crippen LogP contribution in [-0.2, 0) is 15.3 Å². The van der Waals surface area contributed by atoms with Gasteiger partial charge in [0.2, 0.25) is 0 Å². The standard InChI is InChI=1S/C20H19NO2SSe/c1-17-12-14-19(15-13-17)24(22,23)21-25(20-10-6-3-7-11-20)16-18-8-4-2-5-9-18/h2-15H,16H2,1H3. The van der Waals surface area contributed by atoms with Crippen LogP contribution < -0.4 is 4.46 Å². The van der Waals surface area contributed by atoms with Crippen LogP contribution in [0.15, 0.2) is 93.2 Å². The van der Waals surface area contributed by atoms with Crippen molar-refractivity contribution in [3.63, 3.8) is 0 Å². The Morgan fingerprint density at radius 3 is 1.96 bits per heavy atom. The summed E-state index contributed by atoms with van der Waals surface area (Å²) in [5.74, 6) is 0. The van der Waals surface area contributed by atoms with Gasteiger partial charge in [0.1, 0.15) is 0 Å². The van der Waals surface area contributed by atoms with Gasteiger partial charge in [-0.15, -0.1) is 0 Å². The molecule has 0 fully saturated rings. The molecule has 1 unspecified atom stereocenters. The molecule has 3 aromatic carbocycles. The monoisotopic (exact) mass is 417 g/mol. The third-order valence-corrected chi connectivity index (χ3v) is 10.3. The number of benzene rings is 3. The van der Waals surface area contributed by atoms with Gasteiger partial charge in [-0.3, -0.25) is 0 Å². The van der Waals surface area contributed by atoms with Crippen LogP contribution in [0.25, 0.3) is 0 Å². The summed E-state index contributed by atoms with van der Waals surface area (Å²) < 4.78 is 31.0. The Kier molecular flexibility index (Phi) is 5.59. The second-order valence-electron chi connectivity index (χ2n) is 5.67. The zero-order chi connectivity index (χ0) is 17.7. The van der Waals surface area contributed by atoms with E-state index in [0.717, 1.165) is 15.6 Å². The molecule has 0 saturated carbocycles. The summed E-state index contributed by atoms with van der Waals surface area (Å²) in [5, 5.41) is 0.663. The van der Waals surface area contributed by atoms with Crippen molar-refractivity contribution >= 4 is 28.2 Å². The van der Waals surface area contributed by atoms with E-state index in [4.69, 9.17) is 0 Å². The predicted molar refractivity (Wildman–Crippen MR) is 103 cm³/mol. The number of sulfonamides is 1. The van der Waals surface area contributed by atoms with Crippen LogP contribution in [-0.4, -0.2) is 22.1 Å². The molecule has 0 aromatic heterocycles. The van der Waals surface area contributed by atoms with Gasteiger partial charge in [-0.25, -0.2) is 0 Å². The molecule has 0 spiro atoms. The first-order valence-electron chi connectivity index (χ1n) is 7.89. The fourth-order valence-electron chi connectivity index (χ4n) is 2.33. The van der Waals surface area contributed by atoms with Gasteiger partial charge in [-0.2, -0.15) is 0 Å². The minimum absolute atomic E-state index is 0.260. The van der Waals surface area contributed by atoms with Gasteiger partial charge in [0.25, 0.3) is 0 Å². The average Bonchev–Trinajstić information content (AvgIpc) is 2.63. The molecule has 0 saturated heterocycles. The van der Waals surface area contributed by atoms with Crippen LogP contribution in [0.4, 0.5) is 0 Å². The van der Waals surface area contributed by atoms with Crippen LogP contribution in [0.2, 0.25) is 0 Å². The van der Waals surface area contributed by atoms with Crippen molar-refractivity contribution in [3.8, 4) is 0 Å². The number of aryl methyl sites for hydroxylation is 1. The second-order valence-corrected chi connectivity index (χ2v) is 11.3. The van der Waals surface area contributed by atoms with Crippen LogP contribution in [0.5, 0.6) is 0 Å². The van der Waals surface area contributed by atoms with E-state index in [1.165, 1.54) is 0 Å². The normalized spacial score (nSPS) is 12.8. The Bertz CT molecular complexity index is 967. The third kappa shape index (κ3) is 4.73. The molecule has 3 rings (SSSR count). The summed E-state index contributed by atoms with van der Waals surface area (Å²) >= 11 is -1.92. The zero-order valence-electron chi connectivity index (χ0n) is 13.9. The topological polar surface area (TPSA) is 46.5 Å². The van der Waals surface area contributed by atoms with Gasteiger partial charge < -0.3 is 0 Å². The molecule has 0 N–H and O–H groups in total. The quantitative estimate of drug-likeness (QED) is 0.597. The summed E-state index contributed by atoms with van der Waals surface area (Å²) in [4.78, 5) is 0.260. The molecule has 5 heteroatoms. The van der Waals surface area contributed by atoms with Gasteiger partial charge in [0.15, 0.2) is 0 Å². The van der Waals surface area contributed by atoms with Crippen LogP contribution >= 0.6 is 0 Å². The van der Waals surface area contributed by atoms with Crippen molar-refractivity contribution in [1.82, 2.24) is 0 Å². The molecule has 0 aliphatic rings. The Morgan fingerprint density at radius 2 is 1.36 bits per heavy atom. The minimum atomic E-state index is -3.66. The molecule has 0 aliphatic carbocycles. The van der Waals surface area contributed by atoms with Crippen LogP contribution in [0, 0.1) is 6.92 Å². The van der Waals surface area contributed by atoms with E-state index in [0.29, 0.717) is 5.32 Å². The van der Waals surface area contributed by atoms with Gasteiger partial charge >= 0.3 is 153 Å². The molecule has 25 heavy (non-hydrogen) atoms. The van der Waals surface area contributed by atoms with E-state index in [2.05, 4.69) is 3.37 Å². The fraction of sp³-hybridized carbons (Fsp3) is 0.100. The van der Waals surface area contributed by atoms with Gasteiger partial charge in [0.05, 0.1) is 0 Å². The van der Waals surface area contributed by atoms with Crippen LogP contribution in [0.1, 0.15) is 11.1 Å². The molecule has 3 aromatic rings. The van der Waals surface area contributed by atoms with Crippen molar-refractivity contribution in [1.29, 1.82) is 0 Å². The number of hydrogen-bond acceptors (Lipinski definition) is 2. The fourth-order valence-corrected chi connectivity index (χ4v) is 8.59. The molecular weight excluding hydrogens is 397 g/mol. The predicted octanol–water partition coefficient (Wildman–Crippen LogP) is 3.63. The summed E-state index contributed by atoms with van der Waals surface area (Å²) in [6, 6.07) is 26.6. The summed E-state index contributed by atoms with van der Waals surface area (Å²) in [5.41, 5.74) is 2.14. The van der Waals surface area contributed by atoms with Crippen molar-refractivity contribution in [2.75, 3.05) is 0 Å². The molecule has 128 valence electrons. The molecule has 0 bridgehead atoms. The van der Waals surface area contributed by atoms with E-state index in [9.17, 15) is 8.42 Å². The summed E-state index contributed by atoms with van der Waals surface area (Å²) in [7, 11) is -3.66. The Morgan fingerprint density at radius 1 is 0.800 bits per heavy atom. The SMILES string of the molecule is Cc1ccc(S(=O)(=O)/N=[Se](/Cc2ccccc2)c2ccccc2)cc1. The molecule has 3 nitrogen and oxygen atoms in total. The molecule has 0 aliphatic heterocycles. The molecule has 0 radical (unpaired) electrons. The van der Waals surface area contributed by atoms with E-state index < -0.39 is 23.7 Å². The molecule has 0 amide bonds. The first kappa shape index (κ1) is 17.7. The van der Waals surface area contributed by atoms with Gasteiger partial charge in [0, 0.05) is 0 Å². The van der Waals surface area contributed by atoms with Gasteiger partial charge in [-0.05, 0) is 0 Å². The number of hydrogen-bond donors (Lipinski definition) is 0. The summed E-state index contributed by atoms with van der Waals surface area (Å²) in [6.07, 6.45) is 0.